The maximum absolute atomic E-state index is 13.6. The molecule has 0 radical (unpaired) electrons. The Hall–Kier alpha value is -2.88. The molecule has 1 aromatic carbocycles. The van der Waals surface area contributed by atoms with E-state index in [1.807, 2.05) is 37.3 Å². The van der Waals surface area contributed by atoms with Crippen LogP contribution in [0.2, 0.25) is 0 Å². The van der Waals surface area contributed by atoms with Gasteiger partial charge < -0.3 is 19.6 Å². The fourth-order valence-corrected chi connectivity index (χ4v) is 5.25. The van der Waals surface area contributed by atoms with E-state index in [1.165, 1.54) is 25.7 Å². The lowest BCUT2D eigenvalue weighted by atomic mass is 9.99. The molecule has 1 fully saturated rings. The van der Waals surface area contributed by atoms with Gasteiger partial charge in [-0.1, -0.05) is 61.9 Å². The third-order valence-electron chi connectivity index (χ3n) is 7.43. The summed E-state index contributed by atoms with van der Waals surface area (Å²) in [5, 5.41) is 9.88. The number of hydrogen-bond donors (Lipinski definition) is 1. The van der Waals surface area contributed by atoms with Crippen molar-refractivity contribution in [1.82, 2.24) is 14.8 Å². The van der Waals surface area contributed by atoms with Gasteiger partial charge in [0.1, 0.15) is 11.7 Å². The second-order valence-electron chi connectivity index (χ2n) is 10.5. The summed E-state index contributed by atoms with van der Waals surface area (Å²) in [6, 6.07) is 11.6. The quantitative estimate of drug-likeness (QED) is 0.595. The first-order valence-corrected chi connectivity index (χ1v) is 13.2. The molecule has 0 saturated heterocycles. The zero-order chi connectivity index (χ0) is 25.5. The summed E-state index contributed by atoms with van der Waals surface area (Å²) >= 11 is 0. The minimum Gasteiger partial charge on any atom is -0.472 e. The highest BCUT2D eigenvalue weighted by atomic mass is 16.5. The molecule has 2 aromatic rings. The third kappa shape index (κ3) is 6.66. The van der Waals surface area contributed by atoms with Gasteiger partial charge in [-0.2, -0.15) is 0 Å². The Morgan fingerprint density at radius 3 is 2.69 bits per heavy atom. The Balaban J connectivity index is 1.57. The average Bonchev–Trinajstić information content (AvgIpc) is 3.39. The first-order chi connectivity index (χ1) is 17.4. The van der Waals surface area contributed by atoms with Crippen LogP contribution in [-0.4, -0.2) is 71.2 Å². The molecule has 192 valence electrons. The van der Waals surface area contributed by atoms with E-state index < -0.39 is 0 Å². The number of hydrogen-bond acceptors (Lipinski definition) is 5. The van der Waals surface area contributed by atoms with Crippen LogP contribution in [-0.2, 0) is 6.42 Å². The molecule has 1 saturated carbocycles. The summed E-state index contributed by atoms with van der Waals surface area (Å²) in [5.41, 5.74) is 2.24. The molecule has 6 heteroatoms. The molecular formula is C30H39N3O3. The number of benzene rings is 1. The van der Waals surface area contributed by atoms with Gasteiger partial charge >= 0.3 is 0 Å². The summed E-state index contributed by atoms with van der Waals surface area (Å²) < 4.78 is 6.43. The van der Waals surface area contributed by atoms with Crippen LogP contribution in [0, 0.1) is 23.7 Å². The van der Waals surface area contributed by atoms with Crippen molar-refractivity contribution < 1.29 is 14.6 Å². The predicted octanol–water partition coefficient (Wildman–Crippen LogP) is 4.02. The normalized spacial score (nSPS) is 21.2. The molecule has 3 atom stereocenters. The molecule has 1 aliphatic heterocycles. The fourth-order valence-electron chi connectivity index (χ4n) is 5.25. The topological polar surface area (TPSA) is 65.9 Å². The second kappa shape index (κ2) is 12.4. The van der Waals surface area contributed by atoms with Gasteiger partial charge in [0.15, 0.2) is 0 Å². The minimum absolute atomic E-state index is 0.0919. The highest BCUT2D eigenvalue weighted by Gasteiger charge is 2.34. The van der Waals surface area contributed by atoms with Crippen molar-refractivity contribution in [2.75, 3.05) is 33.3 Å². The first kappa shape index (κ1) is 26.2. The van der Waals surface area contributed by atoms with E-state index in [9.17, 15) is 9.90 Å². The monoisotopic (exact) mass is 489 g/mol. The van der Waals surface area contributed by atoms with Gasteiger partial charge in [-0.25, -0.2) is 4.98 Å². The van der Waals surface area contributed by atoms with E-state index in [1.54, 1.807) is 17.2 Å². The van der Waals surface area contributed by atoms with Crippen LogP contribution >= 0.6 is 0 Å². The summed E-state index contributed by atoms with van der Waals surface area (Å²) in [5.74, 6) is 7.38. The zero-order valence-electron chi connectivity index (χ0n) is 21.8. The van der Waals surface area contributed by atoms with Crippen molar-refractivity contribution in [2.45, 2.75) is 58.1 Å². The van der Waals surface area contributed by atoms with Crippen LogP contribution in [0.15, 0.2) is 42.6 Å². The molecule has 36 heavy (non-hydrogen) atoms. The molecular weight excluding hydrogens is 450 g/mol. The molecule has 1 N–H and O–H groups in total. The molecule has 1 aliphatic carbocycles. The van der Waals surface area contributed by atoms with E-state index in [0.29, 0.717) is 30.0 Å². The van der Waals surface area contributed by atoms with Crippen LogP contribution in [0.25, 0.3) is 0 Å². The van der Waals surface area contributed by atoms with E-state index in [2.05, 4.69) is 35.7 Å². The summed E-state index contributed by atoms with van der Waals surface area (Å²) in [6.45, 7) is 6.26. The lowest BCUT2D eigenvalue weighted by Crippen LogP contribution is -2.50. The molecule has 4 rings (SSSR count). The number of nitrogens with zero attached hydrogens (tertiary/aromatic N) is 3. The Labute approximate surface area is 215 Å². The number of likely N-dealkylation sites (N-methyl/N-ethyl adjacent to an activating group) is 1. The van der Waals surface area contributed by atoms with E-state index in [4.69, 9.17) is 4.74 Å². The third-order valence-corrected chi connectivity index (χ3v) is 7.43. The predicted molar refractivity (Wildman–Crippen MR) is 142 cm³/mol. The number of amides is 1. The summed E-state index contributed by atoms with van der Waals surface area (Å²) in [7, 11) is 2.16. The number of carbonyl (C=O) groups excluding carboxylic acids is 1. The first-order valence-electron chi connectivity index (χ1n) is 13.2. The molecule has 0 bridgehead atoms. The smallest absolute Gasteiger partial charge is 0.259 e. The van der Waals surface area contributed by atoms with Gasteiger partial charge in [0, 0.05) is 43.7 Å². The van der Waals surface area contributed by atoms with Crippen LogP contribution in [0.1, 0.15) is 61.0 Å². The van der Waals surface area contributed by atoms with Gasteiger partial charge in [-0.05, 0) is 44.4 Å². The van der Waals surface area contributed by atoms with Gasteiger partial charge in [-0.3, -0.25) is 4.79 Å². The van der Waals surface area contributed by atoms with Crippen LogP contribution in [0.3, 0.4) is 0 Å². The molecule has 2 heterocycles. The highest BCUT2D eigenvalue weighted by molar-refractivity contribution is 5.97. The number of aliphatic hydroxyl groups is 1. The Bertz CT molecular complexity index is 1070. The molecule has 1 amide bonds. The highest BCUT2D eigenvalue weighted by Crippen LogP contribution is 2.29. The maximum atomic E-state index is 13.6. The average molecular weight is 490 g/mol. The standard InChI is InChI=1S/C30H39N3O3/c1-22-18-33(23(2)21-34)30(35)27-16-26(15-9-14-24-10-5-4-6-11-24)17-31-29(27)36-28(22)20-32(3)19-25-12-7-8-13-25/h4-6,10-11,16-17,22-23,25,28,34H,7-8,12-14,18-21H2,1-3H3/t22-,23+,28+/m1/s1. The molecule has 0 unspecified atom stereocenters. The number of rotatable bonds is 7. The van der Waals surface area contributed by atoms with Crippen molar-refractivity contribution in [1.29, 1.82) is 0 Å². The molecule has 0 spiro atoms. The summed E-state index contributed by atoms with van der Waals surface area (Å²) in [4.78, 5) is 22.3. The lowest BCUT2D eigenvalue weighted by Gasteiger charge is -2.38. The van der Waals surface area contributed by atoms with Gasteiger partial charge in [0.2, 0.25) is 5.88 Å². The number of carbonyl (C=O) groups is 1. The van der Waals surface area contributed by atoms with E-state index in [-0.39, 0.29) is 30.6 Å². The Kier molecular flexibility index (Phi) is 9.01. The van der Waals surface area contributed by atoms with Crippen molar-refractivity contribution in [3.8, 4) is 17.7 Å². The van der Waals surface area contributed by atoms with Crippen molar-refractivity contribution in [2.24, 2.45) is 11.8 Å². The SMILES string of the molecule is C[C@@H]1CN([C@@H](C)CO)C(=O)c2cc(C#CCc3ccccc3)cnc2O[C@H]1CN(C)CC1CCCC1. The molecule has 6 nitrogen and oxygen atoms in total. The number of pyridine rings is 1. The van der Waals surface area contributed by atoms with Gasteiger partial charge in [0.05, 0.1) is 12.6 Å². The second-order valence-corrected chi connectivity index (χ2v) is 10.5. The van der Waals surface area contributed by atoms with E-state index >= 15 is 0 Å². The van der Waals surface area contributed by atoms with Crippen molar-refractivity contribution in [3.05, 3.63) is 59.3 Å². The van der Waals surface area contributed by atoms with Crippen LogP contribution in [0.5, 0.6) is 5.88 Å². The number of fused-ring (bicyclic) bond motifs is 1. The minimum atomic E-state index is -0.296. The van der Waals surface area contributed by atoms with Gasteiger partial charge in [0.25, 0.3) is 5.91 Å². The van der Waals surface area contributed by atoms with Gasteiger partial charge in [-0.15, -0.1) is 0 Å². The fraction of sp³-hybridized carbons (Fsp3) is 0.533. The molecule has 1 aromatic heterocycles. The van der Waals surface area contributed by atoms with E-state index in [0.717, 1.165) is 24.6 Å². The maximum Gasteiger partial charge on any atom is 0.259 e. The lowest BCUT2D eigenvalue weighted by molar-refractivity contribution is 0.0320. The molecule has 2 aliphatic rings. The van der Waals surface area contributed by atoms with Crippen LogP contribution in [0.4, 0.5) is 0 Å². The number of aromatic nitrogens is 1. The Morgan fingerprint density at radius 2 is 1.97 bits per heavy atom. The number of aliphatic hydroxyl groups excluding tert-OH is 1. The van der Waals surface area contributed by atoms with Crippen molar-refractivity contribution in [3.63, 3.8) is 0 Å². The zero-order valence-corrected chi connectivity index (χ0v) is 21.8. The number of ether oxygens (including phenoxy) is 1. The largest absolute Gasteiger partial charge is 0.472 e. The summed E-state index contributed by atoms with van der Waals surface area (Å²) in [6.07, 6.45) is 7.48. The van der Waals surface area contributed by atoms with Crippen molar-refractivity contribution >= 4 is 5.91 Å². The Morgan fingerprint density at radius 1 is 1.22 bits per heavy atom. The van der Waals surface area contributed by atoms with Crippen LogP contribution < -0.4 is 4.74 Å².